The van der Waals surface area contributed by atoms with Gasteiger partial charge in [0.15, 0.2) is 0 Å². The maximum absolute atomic E-state index is 2.38. The van der Waals surface area contributed by atoms with E-state index >= 15 is 0 Å². The van der Waals surface area contributed by atoms with Gasteiger partial charge < -0.3 is 4.90 Å². The van der Waals surface area contributed by atoms with Crippen LogP contribution in [-0.4, -0.2) is 6.54 Å². The molecule has 1 heterocycles. The van der Waals surface area contributed by atoms with Crippen LogP contribution in [0.3, 0.4) is 0 Å². The number of hydrogen-bond acceptors (Lipinski definition) is 2. The predicted molar refractivity (Wildman–Crippen MR) is 67.5 cm³/mol. The first-order chi connectivity index (χ1) is 7.40. The monoisotopic (exact) mass is 217 g/mol. The summed E-state index contributed by atoms with van der Waals surface area (Å²) >= 11 is 1.82. The van der Waals surface area contributed by atoms with Gasteiger partial charge in [-0.3, -0.25) is 0 Å². The van der Waals surface area contributed by atoms with Gasteiger partial charge in [0, 0.05) is 17.1 Å². The third-order valence-electron chi connectivity index (χ3n) is 2.43. The Morgan fingerprint density at radius 3 is 2.47 bits per heavy atom. The highest BCUT2D eigenvalue weighted by Gasteiger charge is 2.04. The molecule has 2 heteroatoms. The molecular weight excluding hydrogens is 202 g/mol. The van der Waals surface area contributed by atoms with Crippen LogP contribution < -0.4 is 4.90 Å². The van der Waals surface area contributed by atoms with Crippen LogP contribution in [0.2, 0.25) is 0 Å². The Kier molecular flexibility index (Phi) is 3.41. The van der Waals surface area contributed by atoms with E-state index in [1.807, 2.05) is 11.3 Å². The summed E-state index contributed by atoms with van der Waals surface area (Å²) in [5.74, 6) is 0. The first-order valence-corrected chi connectivity index (χ1v) is 6.10. The minimum Gasteiger partial charge on any atom is -0.367 e. The molecule has 2 rings (SSSR count). The summed E-state index contributed by atoms with van der Waals surface area (Å²) in [4.78, 5) is 3.80. The fourth-order valence-electron chi connectivity index (χ4n) is 1.62. The molecule has 1 aromatic carbocycles. The van der Waals surface area contributed by atoms with Crippen molar-refractivity contribution in [3.63, 3.8) is 0 Å². The largest absolute Gasteiger partial charge is 0.367 e. The van der Waals surface area contributed by atoms with E-state index in [-0.39, 0.29) is 0 Å². The Labute approximate surface area is 95.0 Å². The number of para-hydroxylation sites is 1. The molecular formula is C13H15NS. The van der Waals surface area contributed by atoms with Gasteiger partial charge in [0.1, 0.15) is 0 Å². The summed E-state index contributed by atoms with van der Waals surface area (Å²) in [6.07, 6.45) is 0. The third-order valence-corrected chi connectivity index (χ3v) is 3.29. The average molecular weight is 217 g/mol. The zero-order valence-corrected chi connectivity index (χ0v) is 9.70. The van der Waals surface area contributed by atoms with E-state index in [0.29, 0.717) is 0 Å². The van der Waals surface area contributed by atoms with E-state index < -0.39 is 0 Å². The minimum atomic E-state index is 1.01. The molecule has 0 saturated heterocycles. The van der Waals surface area contributed by atoms with E-state index in [0.717, 1.165) is 13.1 Å². The lowest BCUT2D eigenvalue weighted by atomic mass is 10.3. The van der Waals surface area contributed by atoms with Gasteiger partial charge in [-0.1, -0.05) is 24.3 Å². The van der Waals surface area contributed by atoms with Crippen LogP contribution in [0, 0.1) is 0 Å². The van der Waals surface area contributed by atoms with Crippen molar-refractivity contribution >= 4 is 17.0 Å². The van der Waals surface area contributed by atoms with Crippen molar-refractivity contribution in [2.24, 2.45) is 0 Å². The van der Waals surface area contributed by atoms with Crippen molar-refractivity contribution in [3.8, 4) is 0 Å². The van der Waals surface area contributed by atoms with Gasteiger partial charge in [0.25, 0.3) is 0 Å². The maximum Gasteiger partial charge on any atom is 0.0522 e. The zero-order valence-electron chi connectivity index (χ0n) is 8.89. The quantitative estimate of drug-likeness (QED) is 0.753. The zero-order chi connectivity index (χ0) is 10.5. The molecule has 0 radical (unpaired) electrons. The third kappa shape index (κ3) is 2.60. The molecule has 2 aromatic rings. The van der Waals surface area contributed by atoms with Crippen LogP contribution in [-0.2, 0) is 6.54 Å². The predicted octanol–water partition coefficient (Wildman–Crippen LogP) is 3.77. The van der Waals surface area contributed by atoms with Gasteiger partial charge in [0.2, 0.25) is 0 Å². The van der Waals surface area contributed by atoms with Gasteiger partial charge in [-0.15, -0.1) is 11.3 Å². The summed E-state index contributed by atoms with van der Waals surface area (Å²) in [5.41, 5.74) is 1.30. The van der Waals surface area contributed by atoms with E-state index in [2.05, 4.69) is 59.7 Å². The number of anilines is 1. The minimum absolute atomic E-state index is 1.01. The molecule has 0 aliphatic carbocycles. The fraction of sp³-hybridized carbons (Fsp3) is 0.231. The van der Waals surface area contributed by atoms with Gasteiger partial charge in [-0.2, -0.15) is 0 Å². The molecule has 0 unspecified atom stereocenters. The lowest BCUT2D eigenvalue weighted by Crippen LogP contribution is -2.21. The average Bonchev–Trinajstić information content (AvgIpc) is 2.80. The van der Waals surface area contributed by atoms with Crippen LogP contribution >= 0.6 is 11.3 Å². The number of hydrogen-bond donors (Lipinski definition) is 0. The SMILES string of the molecule is CCN(Cc1cccs1)c1ccccc1. The smallest absolute Gasteiger partial charge is 0.0522 e. The van der Waals surface area contributed by atoms with E-state index in [4.69, 9.17) is 0 Å². The second kappa shape index (κ2) is 4.99. The van der Waals surface area contributed by atoms with E-state index in [1.165, 1.54) is 10.6 Å². The molecule has 0 bridgehead atoms. The Hall–Kier alpha value is -1.28. The highest BCUT2D eigenvalue weighted by atomic mass is 32.1. The highest BCUT2D eigenvalue weighted by Crippen LogP contribution is 2.18. The first kappa shape index (κ1) is 10.2. The molecule has 0 amide bonds. The number of nitrogens with zero attached hydrogens (tertiary/aromatic N) is 1. The summed E-state index contributed by atoms with van der Waals surface area (Å²) in [5, 5.41) is 2.13. The van der Waals surface area contributed by atoms with Crippen molar-refractivity contribution in [3.05, 3.63) is 52.7 Å². The Bertz CT molecular complexity index is 380. The van der Waals surface area contributed by atoms with Crippen molar-refractivity contribution in [2.75, 3.05) is 11.4 Å². The lowest BCUT2D eigenvalue weighted by Gasteiger charge is -2.22. The van der Waals surface area contributed by atoms with Crippen molar-refractivity contribution < 1.29 is 0 Å². The lowest BCUT2D eigenvalue weighted by molar-refractivity contribution is 0.842. The highest BCUT2D eigenvalue weighted by molar-refractivity contribution is 7.09. The fourth-order valence-corrected chi connectivity index (χ4v) is 2.33. The normalized spacial score (nSPS) is 10.2. The van der Waals surface area contributed by atoms with Gasteiger partial charge in [0.05, 0.1) is 6.54 Å². The van der Waals surface area contributed by atoms with Crippen molar-refractivity contribution in [1.82, 2.24) is 0 Å². The van der Waals surface area contributed by atoms with Gasteiger partial charge in [-0.05, 0) is 30.5 Å². The molecule has 0 fully saturated rings. The van der Waals surface area contributed by atoms with Crippen molar-refractivity contribution in [2.45, 2.75) is 13.5 Å². The Morgan fingerprint density at radius 1 is 1.07 bits per heavy atom. The first-order valence-electron chi connectivity index (χ1n) is 5.22. The summed E-state index contributed by atoms with van der Waals surface area (Å²) < 4.78 is 0. The number of rotatable bonds is 4. The molecule has 0 aliphatic rings. The topological polar surface area (TPSA) is 3.24 Å². The molecule has 1 aromatic heterocycles. The van der Waals surface area contributed by atoms with Crippen LogP contribution in [0.1, 0.15) is 11.8 Å². The standard InChI is InChI=1S/C13H15NS/c1-2-14(11-13-9-6-10-15-13)12-7-4-3-5-8-12/h3-10H,2,11H2,1H3. The van der Waals surface area contributed by atoms with E-state index in [1.54, 1.807) is 0 Å². The summed E-state index contributed by atoms with van der Waals surface area (Å²) in [6.45, 7) is 4.25. The van der Waals surface area contributed by atoms with Gasteiger partial charge >= 0.3 is 0 Å². The molecule has 0 N–H and O–H groups in total. The van der Waals surface area contributed by atoms with Crippen LogP contribution in [0.15, 0.2) is 47.8 Å². The second-order valence-electron chi connectivity index (χ2n) is 3.43. The number of thiophene rings is 1. The van der Waals surface area contributed by atoms with Crippen LogP contribution in [0.25, 0.3) is 0 Å². The summed E-state index contributed by atoms with van der Waals surface area (Å²) in [6, 6.07) is 14.9. The van der Waals surface area contributed by atoms with Crippen molar-refractivity contribution in [1.29, 1.82) is 0 Å². The van der Waals surface area contributed by atoms with Crippen LogP contribution in [0.4, 0.5) is 5.69 Å². The Balaban J connectivity index is 2.12. The van der Waals surface area contributed by atoms with Gasteiger partial charge in [-0.25, -0.2) is 0 Å². The summed E-state index contributed by atoms with van der Waals surface area (Å²) in [7, 11) is 0. The molecule has 1 nitrogen and oxygen atoms in total. The molecule has 15 heavy (non-hydrogen) atoms. The molecule has 0 atom stereocenters. The molecule has 0 aliphatic heterocycles. The Morgan fingerprint density at radius 2 is 1.87 bits per heavy atom. The van der Waals surface area contributed by atoms with Crippen LogP contribution in [0.5, 0.6) is 0 Å². The second-order valence-corrected chi connectivity index (χ2v) is 4.46. The molecule has 0 spiro atoms. The van der Waals surface area contributed by atoms with E-state index in [9.17, 15) is 0 Å². The maximum atomic E-state index is 2.38. The number of benzene rings is 1. The molecule has 0 saturated carbocycles. The molecule has 78 valence electrons.